The van der Waals surface area contributed by atoms with Crippen molar-refractivity contribution in [2.75, 3.05) is 5.32 Å². The van der Waals surface area contributed by atoms with Crippen molar-refractivity contribution >= 4 is 17.5 Å². The SMILES string of the molecule is O=C(CCc1ccc(F)c(F)c1)Nc1ccccc1C(=O)NCc1ccco1. The summed E-state index contributed by atoms with van der Waals surface area (Å²) < 4.78 is 31.4. The van der Waals surface area contributed by atoms with E-state index in [0.29, 0.717) is 22.6 Å². The van der Waals surface area contributed by atoms with Crippen LogP contribution in [-0.4, -0.2) is 11.8 Å². The molecular weight excluding hydrogens is 366 g/mol. The molecule has 0 fully saturated rings. The molecule has 0 saturated heterocycles. The molecule has 2 aromatic carbocycles. The Balaban J connectivity index is 1.59. The van der Waals surface area contributed by atoms with Crippen molar-refractivity contribution in [2.45, 2.75) is 19.4 Å². The highest BCUT2D eigenvalue weighted by Crippen LogP contribution is 2.16. The van der Waals surface area contributed by atoms with Crippen LogP contribution in [0, 0.1) is 11.6 Å². The summed E-state index contributed by atoms with van der Waals surface area (Å²) in [5, 5.41) is 5.41. The highest BCUT2D eigenvalue weighted by atomic mass is 19.2. The third-order valence-corrected chi connectivity index (χ3v) is 4.07. The average Bonchev–Trinajstić information content (AvgIpc) is 3.21. The number of para-hydroxylation sites is 1. The molecule has 0 aliphatic heterocycles. The zero-order chi connectivity index (χ0) is 19.9. The number of nitrogens with one attached hydrogen (secondary N) is 2. The largest absolute Gasteiger partial charge is 0.467 e. The van der Waals surface area contributed by atoms with Crippen LogP contribution in [-0.2, 0) is 17.8 Å². The van der Waals surface area contributed by atoms with E-state index in [9.17, 15) is 18.4 Å². The van der Waals surface area contributed by atoms with Crippen molar-refractivity contribution in [1.29, 1.82) is 0 Å². The Kier molecular flexibility index (Phi) is 6.16. The van der Waals surface area contributed by atoms with Crippen molar-refractivity contribution in [3.63, 3.8) is 0 Å². The summed E-state index contributed by atoms with van der Waals surface area (Å²) >= 11 is 0. The fourth-order valence-electron chi connectivity index (χ4n) is 2.63. The number of rotatable bonds is 7. The monoisotopic (exact) mass is 384 g/mol. The molecule has 0 atom stereocenters. The molecule has 0 unspecified atom stereocenters. The van der Waals surface area contributed by atoms with E-state index in [4.69, 9.17) is 4.42 Å². The van der Waals surface area contributed by atoms with Gasteiger partial charge in [0.25, 0.3) is 5.91 Å². The number of anilines is 1. The molecule has 3 rings (SSSR count). The van der Waals surface area contributed by atoms with Crippen LogP contribution in [0.4, 0.5) is 14.5 Å². The fourth-order valence-corrected chi connectivity index (χ4v) is 2.63. The topological polar surface area (TPSA) is 71.3 Å². The molecule has 0 radical (unpaired) electrons. The molecule has 0 aliphatic carbocycles. The van der Waals surface area contributed by atoms with Crippen LogP contribution < -0.4 is 10.6 Å². The standard InChI is InChI=1S/C21H18F2N2O3/c22-17-9-7-14(12-18(17)23)8-10-20(26)25-19-6-2-1-5-16(19)21(27)24-13-15-4-3-11-28-15/h1-7,9,11-12H,8,10,13H2,(H,24,27)(H,25,26). The maximum Gasteiger partial charge on any atom is 0.253 e. The minimum atomic E-state index is -0.948. The van der Waals surface area contributed by atoms with Gasteiger partial charge in [0.15, 0.2) is 11.6 Å². The first-order valence-electron chi connectivity index (χ1n) is 8.66. The summed E-state index contributed by atoms with van der Waals surface area (Å²) in [7, 11) is 0. The Morgan fingerprint density at radius 2 is 1.79 bits per heavy atom. The third-order valence-electron chi connectivity index (χ3n) is 4.07. The van der Waals surface area contributed by atoms with Gasteiger partial charge >= 0.3 is 0 Å². The number of carbonyl (C=O) groups is 2. The van der Waals surface area contributed by atoms with Crippen molar-refractivity contribution in [1.82, 2.24) is 5.32 Å². The summed E-state index contributed by atoms with van der Waals surface area (Å²) in [6, 6.07) is 13.6. The summed E-state index contributed by atoms with van der Waals surface area (Å²) in [5.74, 6) is -1.95. The number of aryl methyl sites for hydroxylation is 1. The van der Waals surface area contributed by atoms with Crippen LogP contribution >= 0.6 is 0 Å². The highest BCUT2D eigenvalue weighted by Gasteiger charge is 2.13. The fraction of sp³-hybridized carbons (Fsp3) is 0.143. The predicted molar refractivity (Wildman–Crippen MR) is 99.6 cm³/mol. The Morgan fingerprint density at radius 1 is 0.964 bits per heavy atom. The van der Waals surface area contributed by atoms with E-state index in [1.165, 1.54) is 12.3 Å². The van der Waals surface area contributed by atoms with Gasteiger partial charge in [0, 0.05) is 6.42 Å². The van der Waals surface area contributed by atoms with Crippen LogP contribution in [0.15, 0.2) is 65.3 Å². The Labute approximate surface area is 160 Å². The third kappa shape index (κ3) is 5.03. The number of halogens is 2. The number of carbonyl (C=O) groups excluding carboxylic acids is 2. The molecule has 3 aromatic rings. The molecule has 28 heavy (non-hydrogen) atoms. The number of amides is 2. The molecule has 1 heterocycles. The predicted octanol–water partition coefficient (Wildman–Crippen LogP) is 4.06. The van der Waals surface area contributed by atoms with E-state index in [1.54, 1.807) is 36.4 Å². The second-order valence-corrected chi connectivity index (χ2v) is 6.10. The lowest BCUT2D eigenvalue weighted by Crippen LogP contribution is -2.24. The molecule has 0 spiro atoms. The zero-order valence-corrected chi connectivity index (χ0v) is 14.9. The molecule has 7 heteroatoms. The average molecular weight is 384 g/mol. The lowest BCUT2D eigenvalue weighted by atomic mass is 10.1. The Hall–Kier alpha value is -3.48. The lowest BCUT2D eigenvalue weighted by Gasteiger charge is -2.11. The van der Waals surface area contributed by atoms with Crippen LogP contribution in [0.2, 0.25) is 0 Å². The maximum absolute atomic E-state index is 13.2. The van der Waals surface area contributed by atoms with Gasteiger partial charge in [-0.25, -0.2) is 8.78 Å². The number of hydrogen-bond acceptors (Lipinski definition) is 3. The Bertz CT molecular complexity index is 972. The minimum Gasteiger partial charge on any atom is -0.467 e. The van der Waals surface area contributed by atoms with Gasteiger partial charge in [-0.3, -0.25) is 9.59 Å². The lowest BCUT2D eigenvalue weighted by molar-refractivity contribution is -0.116. The van der Waals surface area contributed by atoms with Gasteiger partial charge in [-0.05, 0) is 48.4 Å². The van der Waals surface area contributed by atoms with Gasteiger partial charge in [0.1, 0.15) is 5.76 Å². The zero-order valence-electron chi connectivity index (χ0n) is 14.9. The minimum absolute atomic E-state index is 0.0629. The molecule has 5 nitrogen and oxygen atoms in total. The van der Waals surface area contributed by atoms with Crippen molar-refractivity contribution in [3.05, 3.63) is 89.4 Å². The summed E-state index contributed by atoms with van der Waals surface area (Å²) in [6.07, 6.45) is 1.83. The van der Waals surface area contributed by atoms with Gasteiger partial charge in [0.2, 0.25) is 5.91 Å². The van der Waals surface area contributed by atoms with Gasteiger partial charge in [-0.1, -0.05) is 18.2 Å². The van der Waals surface area contributed by atoms with Gasteiger partial charge in [0.05, 0.1) is 24.1 Å². The molecule has 0 aliphatic rings. The molecular formula is C21H18F2N2O3. The smallest absolute Gasteiger partial charge is 0.253 e. The second-order valence-electron chi connectivity index (χ2n) is 6.10. The van der Waals surface area contributed by atoms with Crippen LogP contribution in [0.3, 0.4) is 0 Å². The maximum atomic E-state index is 13.2. The van der Waals surface area contributed by atoms with Crippen molar-refractivity contribution in [2.24, 2.45) is 0 Å². The molecule has 2 N–H and O–H groups in total. The van der Waals surface area contributed by atoms with E-state index < -0.39 is 11.6 Å². The normalized spacial score (nSPS) is 10.5. The molecule has 1 aromatic heterocycles. The first-order chi connectivity index (χ1) is 13.5. The summed E-state index contributed by atoms with van der Waals surface area (Å²) in [4.78, 5) is 24.6. The van der Waals surface area contributed by atoms with Crippen LogP contribution in [0.25, 0.3) is 0 Å². The van der Waals surface area contributed by atoms with Gasteiger partial charge < -0.3 is 15.1 Å². The summed E-state index contributed by atoms with van der Waals surface area (Å²) in [5.41, 5.74) is 1.20. The van der Waals surface area contributed by atoms with E-state index in [1.807, 2.05) is 0 Å². The van der Waals surface area contributed by atoms with E-state index in [2.05, 4.69) is 10.6 Å². The van der Waals surface area contributed by atoms with E-state index >= 15 is 0 Å². The quantitative estimate of drug-likeness (QED) is 0.645. The van der Waals surface area contributed by atoms with E-state index in [-0.39, 0.29) is 31.2 Å². The first-order valence-corrected chi connectivity index (χ1v) is 8.66. The molecule has 0 bridgehead atoms. The van der Waals surface area contributed by atoms with Crippen molar-refractivity contribution < 1.29 is 22.8 Å². The van der Waals surface area contributed by atoms with Crippen molar-refractivity contribution in [3.8, 4) is 0 Å². The second kappa shape index (κ2) is 8.94. The summed E-state index contributed by atoms with van der Waals surface area (Å²) in [6.45, 7) is 0.226. The Morgan fingerprint density at radius 3 is 2.54 bits per heavy atom. The number of hydrogen-bond donors (Lipinski definition) is 2. The van der Waals surface area contributed by atoms with Crippen LogP contribution in [0.5, 0.6) is 0 Å². The van der Waals surface area contributed by atoms with Gasteiger partial charge in [-0.2, -0.15) is 0 Å². The molecule has 144 valence electrons. The highest BCUT2D eigenvalue weighted by molar-refractivity contribution is 6.03. The number of furan rings is 1. The first kappa shape index (κ1) is 19.3. The molecule has 2 amide bonds. The molecule has 0 saturated carbocycles. The van der Waals surface area contributed by atoms with Gasteiger partial charge in [-0.15, -0.1) is 0 Å². The van der Waals surface area contributed by atoms with E-state index in [0.717, 1.165) is 12.1 Å². The van der Waals surface area contributed by atoms with Crippen LogP contribution in [0.1, 0.15) is 28.1 Å². The number of benzene rings is 2.